The normalized spacial score (nSPS) is 29.6. The summed E-state index contributed by atoms with van der Waals surface area (Å²) in [5.74, 6) is -3.47. The van der Waals surface area contributed by atoms with Crippen LogP contribution in [0.15, 0.2) is 24.6 Å². The van der Waals surface area contributed by atoms with Crippen molar-refractivity contribution in [2.24, 2.45) is 0 Å². The van der Waals surface area contributed by atoms with Crippen LogP contribution in [-0.4, -0.2) is 80.5 Å². The van der Waals surface area contributed by atoms with Gasteiger partial charge in [-0.05, 0) is 13.0 Å². The molecule has 27 heavy (non-hydrogen) atoms. The van der Waals surface area contributed by atoms with E-state index in [0.29, 0.717) is 5.70 Å². The molecule has 0 aromatic heterocycles. The zero-order chi connectivity index (χ0) is 20.4. The van der Waals surface area contributed by atoms with Gasteiger partial charge in [-0.3, -0.25) is 9.46 Å². The minimum Gasteiger partial charge on any atom is -0.464 e. The fourth-order valence-corrected chi connectivity index (χ4v) is 3.11. The molecule has 1 fully saturated rings. The molecule has 2 rings (SSSR count). The lowest BCUT2D eigenvalue weighted by Crippen LogP contribution is -2.49. The molecule has 0 radical (unpaired) electrons. The predicted octanol–water partition coefficient (Wildman–Crippen LogP) is -1.43. The van der Waals surface area contributed by atoms with Crippen molar-refractivity contribution in [3.8, 4) is 0 Å². The zero-order valence-corrected chi connectivity index (χ0v) is 15.2. The molecule has 152 valence electrons. The Bertz CT molecular complexity index is 677. The van der Waals surface area contributed by atoms with E-state index >= 15 is 0 Å². The molecule has 2 aliphatic rings. The van der Waals surface area contributed by atoms with Crippen molar-refractivity contribution in [2.75, 3.05) is 13.2 Å². The summed E-state index contributed by atoms with van der Waals surface area (Å²) in [6.45, 7) is 4.23. The molecular weight excluding hydrogens is 387 g/mol. The Kier molecular flexibility index (Phi) is 6.76. The van der Waals surface area contributed by atoms with Crippen LogP contribution in [-0.2, 0) is 23.6 Å². The van der Waals surface area contributed by atoms with Gasteiger partial charge in [0.15, 0.2) is 6.23 Å². The van der Waals surface area contributed by atoms with E-state index in [2.05, 4.69) is 16.6 Å². The lowest BCUT2D eigenvalue weighted by Gasteiger charge is -2.30. The molecule has 13 heteroatoms. The lowest BCUT2D eigenvalue weighted by molar-refractivity contribution is -0.155. The van der Waals surface area contributed by atoms with Gasteiger partial charge >= 0.3 is 19.6 Å². The maximum atomic E-state index is 11.9. The monoisotopic (exact) mass is 408 g/mol. The fraction of sp³-hybridized carbons (Fsp3) is 0.571. The second-order valence-electron chi connectivity index (χ2n) is 5.75. The van der Waals surface area contributed by atoms with Crippen LogP contribution in [0.4, 0.5) is 4.79 Å². The van der Waals surface area contributed by atoms with Gasteiger partial charge in [-0.25, -0.2) is 9.59 Å². The van der Waals surface area contributed by atoms with Crippen LogP contribution < -0.4 is 5.32 Å². The topological polar surface area (TPSA) is 175 Å². The molecule has 1 saturated heterocycles. The van der Waals surface area contributed by atoms with Crippen molar-refractivity contribution >= 4 is 19.6 Å². The van der Waals surface area contributed by atoms with Crippen molar-refractivity contribution in [3.63, 3.8) is 0 Å². The molecule has 0 aromatic carbocycles. The number of aliphatic hydroxyl groups excluding tert-OH is 2. The molecule has 5 N–H and O–H groups in total. The number of esters is 1. The van der Waals surface area contributed by atoms with Crippen LogP contribution >= 0.6 is 7.60 Å². The van der Waals surface area contributed by atoms with Gasteiger partial charge in [0.1, 0.15) is 18.3 Å². The smallest absolute Gasteiger partial charge is 0.365 e. The van der Waals surface area contributed by atoms with Gasteiger partial charge in [0.2, 0.25) is 0 Å². The Balaban J connectivity index is 2.06. The van der Waals surface area contributed by atoms with Gasteiger partial charge < -0.3 is 39.5 Å². The summed E-state index contributed by atoms with van der Waals surface area (Å²) in [5.41, 5.74) is 0.322. The SMILES string of the molecule is C=C1C=CN(C2OC(COC(C(=O)OCC)P(=O)(O)O)C(O)C2O)C(=O)N1. The van der Waals surface area contributed by atoms with Crippen molar-refractivity contribution in [3.05, 3.63) is 24.6 Å². The maximum Gasteiger partial charge on any atom is 0.365 e. The highest BCUT2D eigenvalue weighted by atomic mass is 31.2. The van der Waals surface area contributed by atoms with E-state index in [0.717, 1.165) is 4.90 Å². The summed E-state index contributed by atoms with van der Waals surface area (Å²) in [6, 6.07) is -0.653. The first-order valence-corrected chi connectivity index (χ1v) is 9.56. The van der Waals surface area contributed by atoms with Crippen molar-refractivity contribution in [2.45, 2.75) is 37.3 Å². The second-order valence-corrected chi connectivity index (χ2v) is 7.40. The van der Waals surface area contributed by atoms with Crippen LogP contribution in [0, 0.1) is 0 Å². The van der Waals surface area contributed by atoms with E-state index in [-0.39, 0.29) is 6.61 Å². The Labute approximate surface area is 154 Å². The summed E-state index contributed by atoms with van der Waals surface area (Å²) < 4.78 is 26.3. The number of nitrogens with zero attached hydrogens (tertiary/aromatic N) is 1. The standard InChI is InChI=1S/C14H21N2O10P/c1-3-24-12(19)13(27(21,22)23)25-6-8-9(17)10(18)11(26-8)16-5-4-7(2)15-14(16)20/h4-5,8-11,13,17-18H,2-3,6H2,1H3,(H,15,20)(H2,21,22,23). The second kappa shape index (κ2) is 8.48. The van der Waals surface area contributed by atoms with Crippen LogP contribution in [0.3, 0.4) is 0 Å². The Hall–Kier alpha value is -1.79. The number of amides is 2. The van der Waals surface area contributed by atoms with Gasteiger partial charge in [0.25, 0.3) is 5.85 Å². The minimum atomic E-state index is -5.00. The molecule has 12 nitrogen and oxygen atoms in total. The number of allylic oxidation sites excluding steroid dienone is 1. The summed E-state index contributed by atoms with van der Waals surface area (Å²) in [4.78, 5) is 43.1. The number of rotatable bonds is 7. The molecule has 5 unspecified atom stereocenters. The van der Waals surface area contributed by atoms with Gasteiger partial charge in [0.05, 0.1) is 13.2 Å². The number of hydrogen-bond donors (Lipinski definition) is 5. The first-order valence-electron chi connectivity index (χ1n) is 7.87. The minimum absolute atomic E-state index is 0.121. The molecule has 2 aliphatic heterocycles. The highest BCUT2D eigenvalue weighted by molar-refractivity contribution is 7.53. The summed E-state index contributed by atoms with van der Waals surface area (Å²) >= 11 is 0. The molecule has 5 atom stereocenters. The van der Waals surface area contributed by atoms with Gasteiger partial charge in [0, 0.05) is 11.9 Å². The Morgan fingerprint density at radius 1 is 1.44 bits per heavy atom. The van der Waals surface area contributed by atoms with Gasteiger partial charge in [-0.2, -0.15) is 0 Å². The van der Waals surface area contributed by atoms with E-state index in [4.69, 9.17) is 9.47 Å². The highest BCUT2D eigenvalue weighted by Gasteiger charge is 2.48. The van der Waals surface area contributed by atoms with E-state index in [9.17, 15) is 34.2 Å². The Morgan fingerprint density at radius 3 is 2.67 bits per heavy atom. The zero-order valence-electron chi connectivity index (χ0n) is 14.3. The first kappa shape index (κ1) is 21.5. The predicted molar refractivity (Wildman–Crippen MR) is 87.7 cm³/mol. The molecule has 0 saturated carbocycles. The number of carbonyl (C=O) groups is 2. The number of ether oxygens (including phenoxy) is 3. The largest absolute Gasteiger partial charge is 0.464 e. The molecule has 2 amide bonds. The van der Waals surface area contributed by atoms with E-state index in [1.54, 1.807) is 0 Å². The quantitative estimate of drug-likeness (QED) is 0.248. The molecule has 0 aromatic rings. The van der Waals surface area contributed by atoms with E-state index in [1.807, 2.05) is 0 Å². The van der Waals surface area contributed by atoms with Crippen LogP contribution in [0.2, 0.25) is 0 Å². The van der Waals surface area contributed by atoms with Crippen LogP contribution in [0.25, 0.3) is 0 Å². The third kappa shape index (κ3) is 4.93. The number of carbonyl (C=O) groups excluding carboxylic acids is 2. The van der Waals surface area contributed by atoms with Crippen LogP contribution in [0.1, 0.15) is 6.92 Å². The number of hydrogen-bond acceptors (Lipinski definition) is 8. The van der Waals surface area contributed by atoms with Crippen molar-refractivity contribution in [1.82, 2.24) is 10.2 Å². The van der Waals surface area contributed by atoms with Crippen molar-refractivity contribution in [1.29, 1.82) is 0 Å². The highest BCUT2D eigenvalue weighted by Crippen LogP contribution is 2.43. The molecule has 2 heterocycles. The Morgan fingerprint density at radius 2 is 2.11 bits per heavy atom. The number of urea groups is 1. The summed E-state index contributed by atoms with van der Waals surface area (Å²) in [5, 5.41) is 22.6. The third-order valence-corrected chi connectivity index (χ3v) is 4.73. The third-order valence-electron chi connectivity index (χ3n) is 3.76. The van der Waals surface area contributed by atoms with Crippen LogP contribution in [0.5, 0.6) is 0 Å². The summed E-state index contributed by atoms with van der Waals surface area (Å²) in [6.07, 6.45) is -2.88. The maximum absolute atomic E-state index is 11.9. The summed E-state index contributed by atoms with van der Waals surface area (Å²) in [7, 11) is -5.00. The van der Waals surface area contributed by atoms with Crippen molar-refractivity contribution < 1.29 is 48.4 Å². The molecule has 0 aliphatic carbocycles. The number of aliphatic hydroxyl groups is 2. The number of nitrogens with one attached hydrogen (secondary N) is 1. The molecular formula is C14H21N2O10P. The lowest BCUT2D eigenvalue weighted by atomic mass is 10.1. The van der Waals surface area contributed by atoms with E-state index in [1.165, 1.54) is 19.2 Å². The average molecular weight is 408 g/mol. The fourth-order valence-electron chi connectivity index (χ4n) is 2.48. The molecule has 0 spiro atoms. The van der Waals surface area contributed by atoms with Gasteiger partial charge in [-0.15, -0.1) is 0 Å². The van der Waals surface area contributed by atoms with Gasteiger partial charge in [-0.1, -0.05) is 6.58 Å². The average Bonchev–Trinajstić information content (AvgIpc) is 2.82. The molecule has 0 bridgehead atoms. The first-order chi connectivity index (χ1) is 12.6. The van der Waals surface area contributed by atoms with E-state index < -0.39 is 56.6 Å².